The van der Waals surface area contributed by atoms with Crippen molar-refractivity contribution < 1.29 is 32.5 Å². The first kappa shape index (κ1) is 27.3. The predicted molar refractivity (Wildman–Crippen MR) is 137 cm³/mol. The molecule has 0 saturated heterocycles. The van der Waals surface area contributed by atoms with Gasteiger partial charge in [-0.05, 0) is 23.6 Å². The molecule has 0 saturated carbocycles. The van der Waals surface area contributed by atoms with E-state index in [4.69, 9.17) is 26.0 Å². The standard InChI is InChI=1S/C27H24F3N5O4/c1-38-20-11-19(13-33-14-20)16-6-8-18(9-7-16)24(27(28,29)30)39-23-12-22(34-26(32)35-23)17-4-2-15(3-5-17)10-21(31)25(36)37/h2-9,11-14,21,24H,10,31H2,1H3,(H,36,37)(H2,32,34,35). The molecule has 0 spiro atoms. The first-order chi connectivity index (χ1) is 18.5. The number of carbonyl (C=O) groups is 1. The van der Waals surface area contributed by atoms with Crippen molar-refractivity contribution >= 4 is 11.9 Å². The van der Waals surface area contributed by atoms with E-state index in [0.29, 0.717) is 28.0 Å². The molecule has 0 fully saturated rings. The summed E-state index contributed by atoms with van der Waals surface area (Å²) in [4.78, 5) is 23.0. The molecule has 12 heteroatoms. The highest BCUT2D eigenvalue weighted by molar-refractivity contribution is 5.73. The minimum Gasteiger partial charge on any atom is -0.495 e. The minimum absolute atomic E-state index is 0.107. The van der Waals surface area contributed by atoms with Gasteiger partial charge in [0.05, 0.1) is 19.0 Å². The largest absolute Gasteiger partial charge is 0.495 e. The van der Waals surface area contributed by atoms with Gasteiger partial charge in [-0.25, -0.2) is 4.98 Å². The van der Waals surface area contributed by atoms with Crippen molar-refractivity contribution in [2.24, 2.45) is 5.73 Å². The first-order valence-electron chi connectivity index (χ1n) is 11.6. The number of rotatable bonds is 9. The second-order valence-corrected chi connectivity index (χ2v) is 8.57. The summed E-state index contributed by atoms with van der Waals surface area (Å²) < 4.78 is 52.7. The second kappa shape index (κ2) is 11.4. The normalized spacial score (nSPS) is 12.9. The molecule has 9 nitrogen and oxygen atoms in total. The molecule has 202 valence electrons. The highest BCUT2D eigenvalue weighted by Gasteiger charge is 2.43. The van der Waals surface area contributed by atoms with Crippen molar-refractivity contribution in [2.75, 3.05) is 12.8 Å². The first-order valence-corrected chi connectivity index (χ1v) is 11.6. The summed E-state index contributed by atoms with van der Waals surface area (Å²) in [6, 6.07) is 14.2. The number of nitrogens with two attached hydrogens (primary N) is 2. The average Bonchev–Trinajstić information content (AvgIpc) is 2.91. The van der Waals surface area contributed by atoms with Gasteiger partial charge in [0.2, 0.25) is 17.9 Å². The van der Waals surface area contributed by atoms with Gasteiger partial charge in [-0.3, -0.25) is 9.78 Å². The van der Waals surface area contributed by atoms with Crippen LogP contribution in [-0.2, 0) is 11.2 Å². The van der Waals surface area contributed by atoms with Crippen LogP contribution in [0.1, 0.15) is 17.2 Å². The van der Waals surface area contributed by atoms with Gasteiger partial charge in [0.15, 0.2) is 0 Å². The number of anilines is 1. The lowest BCUT2D eigenvalue weighted by atomic mass is 10.0. The Balaban J connectivity index is 1.58. The summed E-state index contributed by atoms with van der Waals surface area (Å²) in [6.07, 6.45) is -3.87. The number of hydrogen-bond donors (Lipinski definition) is 3. The van der Waals surface area contributed by atoms with E-state index in [1.165, 1.54) is 43.6 Å². The van der Waals surface area contributed by atoms with E-state index in [-0.39, 0.29) is 29.5 Å². The molecule has 2 atom stereocenters. The number of hydrogen-bond acceptors (Lipinski definition) is 8. The Morgan fingerprint density at radius 3 is 2.26 bits per heavy atom. The van der Waals surface area contributed by atoms with E-state index >= 15 is 0 Å². The van der Waals surface area contributed by atoms with Crippen LogP contribution in [-0.4, -0.2) is 45.4 Å². The van der Waals surface area contributed by atoms with Crippen molar-refractivity contribution in [2.45, 2.75) is 24.7 Å². The molecule has 0 aliphatic heterocycles. The fraction of sp³-hybridized carbons (Fsp3) is 0.185. The molecule has 2 unspecified atom stereocenters. The van der Waals surface area contributed by atoms with E-state index < -0.39 is 24.3 Å². The molecule has 5 N–H and O–H groups in total. The van der Waals surface area contributed by atoms with Gasteiger partial charge < -0.3 is 26.0 Å². The fourth-order valence-corrected chi connectivity index (χ4v) is 3.79. The third kappa shape index (κ3) is 6.79. The van der Waals surface area contributed by atoms with Crippen LogP contribution in [0.15, 0.2) is 73.1 Å². The lowest BCUT2D eigenvalue weighted by molar-refractivity contribution is -0.198. The average molecular weight is 540 g/mol. The monoisotopic (exact) mass is 539 g/mol. The summed E-state index contributed by atoms with van der Waals surface area (Å²) in [5, 5.41) is 8.98. The Morgan fingerprint density at radius 1 is 0.974 bits per heavy atom. The number of methoxy groups -OCH3 is 1. The molecule has 0 amide bonds. The SMILES string of the molecule is COc1cncc(-c2ccc(C(Oc3cc(-c4ccc(CC(N)C(=O)O)cc4)nc(N)n3)C(F)(F)F)cc2)c1. The summed E-state index contributed by atoms with van der Waals surface area (Å²) in [5.41, 5.74) is 13.9. The predicted octanol–water partition coefficient (Wildman–Crippen LogP) is 4.43. The molecule has 0 aliphatic carbocycles. The second-order valence-electron chi connectivity index (χ2n) is 8.57. The van der Waals surface area contributed by atoms with E-state index in [2.05, 4.69) is 15.0 Å². The molecule has 0 bridgehead atoms. The molecule has 0 aliphatic rings. The Kier molecular flexibility index (Phi) is 7.96. The number of aromatic nitrogens is 3. The highest BCUT2D eigenvalue weighted by Crippen LogP contribution is 2.38. The number of aliphatic carboxylic acids is 1. The van der Waals surface area contributed by atoms with E-state index in [1.54, 1.807) is 36.5 Å². The summed E-state index contributed by atoms with van der Waals surface area (Å²) in [7, 11) is 1.49. The number of alkyl halides is 3. The molecule has 4 rings (SSSR count). The zero-order chi connectivity index (χ0) is 28.2. The van der Waals surface area contributed by atoms with Crippen LogP contribution in [0.25, 0.3) is 22.4 Å². The van der Waals surface area contributed by atoms with Gasteiger partial charge in [-0.2, -0.15) is 18.2 Å². The lowest BCUT2D eigenvalue weighted by Crippen LogP contribution is -2.32. The van der Waals surface area contributed by atoms with Crippen molar-refractivity contribution in [3.63, 3.8) is 0 Å². The summed E-state index contributed by atoms with van der Waals surface area (Å²) in [6.45, 7) is 0. The Labute approximate surface area is 221 Å². The van der Waals surface area contributed by atoms with Gasteiger partial charge in [0.25, 0.3) is 0 Å². The molecule has 2 heterocycles. The molecule has 2 aromatic carbocycles. The van der Waals surface area contributed by atoms with Crippen LogP contribution < -0.4 is 20.9 Å². The maximum atomic E-state index is 14.1. The van der Waals surface area contributed by atoms with Gasteiger partial charge >= 0.3 is 12.1 Å². The third-order valence-electron chi connectivity index (χ3n) is 5.77. The number of nitrogens with zero attached hydrogens (tertiary/aromatic N) is 3. The highest BCUT2D eigenvalue weighted by atomic mass is 19.4. The van der Waals surface area contributed by atoms with E-state index in [9.17, 15) is 18.0 Å². The summed E-state index contributed by atoms with van der Waals surface area (Å²) in [5.74, 6) is -1.25. The van der Waals surface area contributed by atoms with E-state index in [0.717, 1.165) is 0 Å². The van der Waals surface area contributed by atoms with Gasteiger partial charge in [-0.15, -0.1) is 0 Å². The quantitative estimate of drug-likeness (QED) is 0.281. The van der Waals surface area contributed by atoms with Crippen molar-refractivity contribution in [3.05, 3.63) is 84.2 Å². The van der Waals surface area contributed by atoms with Crippen LogP contribution in [0.4, 0.5) is 19.1 Å². The Hall–Kier alpha value is -4.71. The number of ether oxygens (including phenoxy) is 2. The lowest BCUT2D eigenvalue weighted by Gasteiger charge is -2.22. The molecule has 0 radical (unpaired) electrons. The number of halogens is 3. The number of nitrogen functional groups attached to an aromatic ring is 1. The van der Waals surface area contributed by atoms with Gasteiger partial charge in [0, 0.05) is 29.0 Å². The smallest absolute Gasteiger partial charge is 0.429 e. The van der Waals surface area contributed by atoms with Crippen LogP contribution in [0.2, 0.25) is 0 Å². The maximum Gasteiger partial charge on any atom is 0.429 e. The molecular formula is C27H24F3N5O4. The topological polar surface area (TPSA) is 146 Å². The number of benzene rings is 2. The Morgan fingerprint density at radius 2 is 1.64 bits per heavy atom. The van der Waals surface area contributed by atoms with Crippen molar-refractivity contribution in [1.29, 1.82) is 0 Å². The number of carboxylic acids is 1. The van der Waals surface area contributed by atoms with Crippen LogP contribution in [0.5, 0.6) is 11.6 Å². The maximum absolute atomic E-state index is 14.1. The summed E-state index contributed by atoms with van der Waals surface area (Å²) >= 11 is 0. The third-order valence-corrected chi connectivity index (χ3v) is 5.77. The molecular weight excluding hydrogens is 515 g/mol. The zero-order valence-corrected chi connectivity index (χ0v) is 20.6. The molecule has 39 heavy (non-hydrogen) atoms. The van der Waals surface area contributed by atoms with Crippen LogP contribution >= 0.6 is 0 Å². The van der Waals surface area contributed by atoms with E-state index in [1.807, 2.05) is 0 Å². The van der Waals surface area contributed by atoms with Crippen molar-refractivity contribution in [3.8, 4) is 34.0 Å². The number of carboxylic acid groups (broad SMARTS) is 1. The van der Waals surface area contributed by atoms with Gasteiger partial charge in [-0.1, -0.05) is 48.5 Å². The Bertz CT molecular complexity index is 1450. The van der Waals surface area contributed by atoms with Crippen LogP contribution in [0.3, 0.4) is 0 Å². The van der Waals surface area contributed by atoms with Crippen LogP contribution in [0, 0.1) is 0 Å². The molecule has 2 aromatic heterocycles. The van der Waals surface area contributed by atoms with Gasteiger partial charge in [0.1, 0.15) is 11.8 Å². The zero-order valence-electron chi connectivity index (χ0n) is 20.6. The fourth-order valence-electron chi connectivity index (χ4n) is 3.79. The molecule has 4 aromatic rings. The minimum atomic E-state index is -4.76. The number of pyridine rings is 1. The van der Waals surface area contributed by atoms with Crippen molar-refractivity contribution in [1.82, 2.24) is 15.0 Å².